The monoisotopic (exact) mass is 307 g/mol. The predicted molar refractivity (Wildman–Crippen MR) is 93.9 cm³/mol. The zero-order valence-corrected chi connectivity index (χ0v) is 14.0. The number of rotatable bonds is 4. The van der Waals surface area contributed by atoms with E-state index in [0.29, 0.717) is 6.61 Å². The summed E-state index contributed by atoms with van der Waals surface area (Å²) in [5, 5.41) is 0.948. The molecule has 0 aliphatic carbocycles. The Morgan fingerprint density at radius 2 is 1.87 bits per heavy atom. The minimum absolute atomic E-state index is 0.0773. The highest BCUT2D eigenvalue weighted by Gasteiger charge is 2.19. The van der Waals surface area contributed by atoms with Gasteiger partial charge >= 0.3 is 0 Å². The van der Waals surface area contributed by atoms with Crippen LogP contribution in [0.3, 0.4) is 0 Å². The van der Waals surface area contributed by atoms with Crippen LogP contribution in [-0.4, -0.2) is 17.0 Å². The van der Waals surface area contributed by atoms with Gasteiger partial charge in [-0.3, -0.25) is 4.79 Å². The normalized spacial score (nSPS) is 11.0. The van der Waals surface area contributed by atoms with Crippen LogP contribution in [0.5, 0.6) is 5.75 Å². The van der Waals surface area contributed by atoms with Gasteiger partial charge in [0.25, 0.3) is 0 Å². The van der Waals surface area contributed by atoms with Crippen molar-refractivity contribution >= 4 is 16.7 Å². The number of aromatic nitrogens is 1. The first-order chi connectivity index (χ1) is 11.0. The number of hydrogen-bond acceptors (Lipinski definition) is 2. The third kappa shape index (κ3) is 2.52. The molecule has 3 nitrogen and oxygen atoms in total. The lowest BCUT2D eigenvalue weighted by atomic mass is 10.1. The molecule has 1 aromatic heterocycles. The van der Waals surface area contributed by atoms with Crippen LogP contribution < -0.4 is 4.74 Å². The fraction of sp³-hybridized carbons (Fsp3) is 0.250. The van der Waals surface area contributed by atoms with Gasteiger partial charge in [0.15, 0.2) is 5.78 Å². The van der Waals surface area contributed by atoms with Gasteiger partial charge in [-0.2, -0.15) is 0 Å². The zero-order valence-electron chi connectivity index (χ0n) is 14.0. The Labute approximate surface area is 136 Å². The van der Waals surface area contributed by atoms with Gasteiger partial charge in [-0.05, 0) is 57.5 Å². The molecular weight excluding hydrogens is 286 g/mol. The standard InChI is InChI=1S/C20H21NO2/c1-5-23-16-10-11-19-17(12-16)20(15(4)22)14(3)21(19)18-9-7-6-8-13(18)2/h6-12H,5H2,1-4H3. The van der Waals surface area contributed by atoms with Crippen LogP contribution in [0.1, 0.15) is 35.5 Å². The van der Waals surface area contributed by atoms with Crippen molar-refractivity contribution in [2.24, 2.45) is 0 Å². The lowest BCUT2D eigenvalue weighted by molar-refractivity contribution is 0.101. The number of para-hydroxylation sites is 1. The first-order valence-corrected chi connectivity index (χ1v) is 7.89. The van der Waals surface area contributed by atoms with Gasteiger partial charge in [0.05, 0.1) is 12.1 Å². The number of fused-ring (bicyclic) bond motifs is 1. The molecule has 2 aromatic carbocycles. The number of ether oxygens (including phenoxy) is 1. The van der Waals surface area contributed by atoms with E-state index in [1.807, 2.05) is 44.2 Å². The summed E-state index contributed by atoms with van der Waals surface area (Å²) in [6.07, 6.45) is 0. The molecule has 0 atom stereocenters. The van der Waals surface area contributed by atoms with E-state index >= 15 is 0 Å². The van der Waals surface area contributed by atoms with E-state index in [-0.39, 0.29) is 5.78 Å². The van der Waals surface area contributed by atoms with Crippen molar-refractivity contribution in [2.45, 2.75) is 27.7 Å². The van der Waals surface area contributed by atoms with Crippen molar-refractivity contribution in [1.29, 1.82) is 0 Å². The highest BCUT2D eigenvalue weighted by molar-refractivity contribution is 6.09. The SMILES string of the molecule is CCOc1ccc2c(c1)c(C(C)=O)c(C)n2-c1ccccc1C. The molecule has 0 fully saturated rings. The summed E-state index contributed by atoms with van der Waals surface area (Å²) >= 11 is 0. The van der Waals surface area contributed by atoms with Crippen molar-refractivity contribution in [1.82, 2.24) is 4.57 Å². The van der Waals surface area contributed by atoms with E-state index in [1.54, 1.807) is 6.92 Å². The van der Waals surface area contributed by atoms with Crippen molar-refractivity contribution in [3.63, 3.8) is 0 Å². The molecular formula is C20H21NO2. The van der Waals surface area contributed by atoms with E-state index in [0.717, 1.165) is 33.6 Å². The Morgan fingerprint density at radius 3 is 2.52 bits per heavy atom. The third-order valence-corrected chi connectivity index (χ3v) is 4.19. The van der Waals surface area contributed by atoms with Crippen LogP contribution in [-0.2, 0) is 0 Å². The van der Waals surface area contributed by atoms with E-state index in [9.17, 15) is 4.79 Å². The summed E-state index contributed by atoms with van der Waals surface area (Å²) < 4.78 is 7.77. The molecule has 0 unspecified atom stereocenters. The van der Waals surface area contributed by atoms with Gasteiger partial charge in [-0.25, -0.2) is 0 Å². The molecule has 3 aromatic rings. The van der Waals surface area contributed by atoms with Gasteiger partial charge in [0.2, 0.25) is 0 Å². The molecule has 118 valence electrons. The van der Waals surface area contributed by atoms with Gasteiger partial charge in [0.1, 0.15) is 5.75 Å². The van der Waals surface area contributed by atoms with Crippen LogP contribution in [0.15, 0.2) is 42.5 Å². The summed E-state index contributed by atoms with van der Waals surface area (Å²) in [6, 6.07) is 14.2. The molecule has 0 amide bonds. The smallest absolute Gasteiger partial charge is 0.162 e. The Bertz CT molecular complexity index is 890. The van der Waals surface area contributed by atoms with E-state index in [4.69, 9.17) is 4.74 Å². The molecule has 1 heterocycles. The average molecular weight is 307 g/mol. The summed E-state index contributed by atoms with van der Waals surface area (Å²) in [6.45, 7) is 8.28. The lowest BCUT2D eigenvalue weighted by Crippen LogP contribution is -2.01. The molecule has 0 spiro atoms. The molecule has 0 bridgehead atoms. The maximum atomic E-state index is 12.2. The molecule has 3 rings (SSSR count). The molecule has 23 heavy (non-hydrogen) atoms. The van der Waals surface area contributed by atoms with Crippen molar-refractivity contribution in [3.8, 4) is 11.4 Å². The topological polar surface area (TPSA) is 31.2 Å². The summed E-state index contributed by atoms with van der Waals surface area (Å²) in [5.41, 5.74) is 5.05. The third-order valence-electron chi connectivity index (χ3n) is 4.19. The maximum absolute atomic E-state index is 12.2. The molecule has 0 N–H and O–H groups in total. The van der Waals surface area contributed by atoms with E-state index < -0.39 is 0 Å². The van der Waals surface area contributed by atoms with E-state index in [2.05, 4.69) is 23.6 Å². The highest BCUT2D eigenvalue weighted by atomic mass is 16.5. The fourth-order valence-electron chi connectivity index (χ4n) is 3.22. The second-order valence-electron chi connectivity index (χ2n) is 5.75. The zero-order chi connectivity index (χ0) is 16.6. The van der Waals surface area contributed by atoms with Gasteiger partial charge in [-0.15, -0.1) is 0 Å². The Hall–Kier alpha value is -2.55. The number of ketones is 1. The molecule has 0 aliphatic heterocycles. The van der Waals surface area contributed by atoms with Crippen LogP contribution in [0.4, 0.5) is 0 Å². The number of Topliss-reactive ketones (excluding diaryl/α,β-unsaturated/α-hetero) is 1. The quantitative estimate of drug-likeness (QED) is 0.645. The van der Waals surface area contributed by atoms with Crippen LogP contribution in [0.2, 0.25) is 0 Å². The summed E-state index contributed by atoms with van der Waals surface area (Å²) in [4.78, 5) is 12.2. The molecule has 0 aliphatic rings. The summed E-state index contributed by atoms with van der Waals surface area (Å²) in [5.74, 6) is 0.873. The second-order valence-corrected chi connectivity index (χ2v) is 5.75. The van der Waals surface area contributed by atoms with Gasteiger partial charge < -0.3 is 9.30 Å². The first-order valence-electron chi connectivity index (χ1n) is 7.89. The first kappa shape index (κ1) is 15.3. The molecule has 0 saturated heterocycles. The Balaban J connectivity index is 2.37. The van der Waals surface area contributed by atoms with Crippen LogP contribution in [0.25, 0.3) is 16.6 Å². The molecule has 3 heteroatoms. The number of hydrogen-bond donors (Lipinski definition) is 0. The average Bonchev–Trinajstić information content (AvgIpc) is 2.79. The molecule has 0 radical (unpaired) electrons. The number of benzene rings is 2. The molecule has 0 saturated carbocycles. The Kier molecular flexibility index (Phi) is 3.95. The number of carbonyl (C=O) groups is 1. The van der Waals surface area contributed by atoms with Gasteiger partial charge in [-0.1, -0.05) is 18.2 Å². The fourth-order valence-corrected chi connectivity index (χ4v) is 3.22. The Morgan fingerprint density at radius 1 is 1.13 bits per heavy atom. The predicted octanol–water partition coefficient (Wildman–Crippen LogP) is 4.85. The van der Waals surface area contributed by atoms with Crippen molar-refractivity contribution < 1.29 is 9.53 Å². The van der Waals surface area contributed by atoms with Gasteiger partial charge in [0, 0.05) is 22.3 Å². The van der Waals surface area contributed by atoms with Crippen LogP contribution in [0, 0.1) is 13.8 Å². The largest absolute Gasteiger partial charge is 0.494 e. The number of carbonyl (C=O) groups excluding carboxylic acids is 1. The maximum Gasteiger partial charge on any atom is 0.162 e. The van der Waals surface area contributed by atoms with Crippen molar-refractivity contribution in [3.05, 3.63) is 59.3 Å². The number of nitrogens with zero attached hydrogens (tertiary/aromatic N) is 1. The summed E-state index contributed by atoms with van der Waals surface area (Å²) in [7, 11) is 0. The van der Waals surface area contributed by atoms with E-state index in [1.165, 1.54) is 5.56 Å². The van der Waals surface area contributed by atoms with Crippen molar-refractivity contribution in [2.75, 3.05) is 6.61 Å². The highest BCUT2D eigenvalue weighted by Crippen LogP contribution is 2.33. The number of aryl methyl sites for hydroxylation is 1. The minimum Gasteiger partial charge on any atom is -0.494 e. The van der Waals surface area contributed by atoms with Crippen LogP contribution >= 0.6 is 0 Å². The minimum atomic E-state index is 0.0773. The second kappa shape index (κ2) is 5.92. The lowest BCUT2D eigenvalue weighted by Gasteiger charge is -2.12.